The maximum atomic E-state index is 12.7. The van der Waals surface area contributed by atoms with E-state index in [1.165, 1.54) is 42.3 Å². The summed E-state index contributed by atoms with van der Waals surface area (Å²) in [6.07, 6.45) is 1.53. The fourth-order valence-corrected chi connectivity index (χ4v) is 1.39. The maximum absolute atomic E-state index is 12.7. The van der Waals surface area contributed by atoms with Gasteiger partial charge in [-0.2, -0.15) is 0 Å². The molecule has 2 rings (SSSR count). The third-order valence-electron chi connectivity index (χ3n) is 2.29. The molecule has 0 radical (unpaired) electrons. The second-order valence-corrected chi connectivity index (χ2v) is 3.40. The number of rotatable bonds is 1. The molecule has 1 fully saturated rings. The molecule has 0 saturated carbocycles. The molecule has 0 aromatic heterocycles. The maximum Gasteiger partial charge on any atom is 0.328 e. The number of halogens is 1. The molecule has 1 aliphatic rings. The molecule has 1 N–H and O–H groups in total. The number of hydrogen-bond donors (Lipinski definition) is 1. The monoisotopic (exact) mass is 220 g/mol. The van der Waals surface area contributed by atoms with Gasteiger partial charge in [0.1, 0.15) is 11.5 Å². The van der Waals surface area contributed by atoms with Gasteiger partial charge in [-0.05, 0) is 23.8 Å². The van der Waals surface area contributed by atoms with E-state index in [4.69, 9.17) is 0 Å². The Balaban J connectivity index is 2.34. The van der Waals surface area contributed by atoms with E-state index >= 15 is 0 Å². The van der Waals surface area contributed by atoms with Crippen LogP contribution in [-0.4, -0.2) is 23.9 Å². The SMILES string of the molecule is CN1C(=O)NC(=O)/C1=C\c1ccc(F)cc1. The number of amides is 3. The second kappa shape index (κ2) is 3.77. The summed E-state index contributed by atoms with van der Waals surface area (Å²) >= 11 is 0. The lowest BCUT2D eigenvalue weighted by Crippen LogP contribution is -2.24. The molecule has 0 atom stereocenters. The van der Waals surface area contributed by atoms with Crippen molar-refractivity contribution < 1.29 is 14.0 Å². The van der Waals surface area contributed by atoms with Crippen LogP contribution in [0.1, 0.15) is 5.56 Å². The third-order valence-corrected chi connectivity index (χ3v) is 2.29. The molecule has 1 heterocycles. The molecule has 1 aliphatic heterocycles. The first-order valence-electron chi connectivity index (χ1n) is 4.64. The van der Waals surface area contributed by atoms with Gasteiger partial charge in [0.05, 0.1) is 0 Å². The van der Waals surface area contributed by atoms with Crippen LogP contribution in [0.4, 0.5) is 9.18 Å². The lowest BCUT2D eigenvalue weighted by Gasteiger charge is -2.06. The predicted molar refractivity (Wildman–Crippen MR) is 55.7 cm³/mol. The summed E-state index contributed by atoms with van der Waals surface area (Å²) in [6.45, 7) is 0. The standard InChI is InChI=1S/C11H9FN2O2/c1-14-9(10(15)13-11(14)16)6-7-2-4-8(12)5-3-7/h2-6H,1H3,(H,13,15,16)/b9-6+. The van der Waals surface area contributed by atoms with Gasteiger partial charge in [-0.15, -0.1) is 0 Å². The molecule has 0 spiro atoms. The average molecular weight is 220 g/mol. The van der Waals surface area contributed by atoms with E-state index in [0.29, 0.717) is 5.56 Å². The first-order chi connectivity index (χ1) is 7.58. The highest BCUT2D eigenvalue weighted by Crippen LogP contribution is 2.14. The lowest BCUT2D eigenvalue weighted by molar-refractivity contribution is -0.115. The Kier molecular flexibility index (Phi) is 2.44. The summed E-state index contributed by atoms with van der Waals surface area (Å²) in [5, 5.41) is 2.15. The Morgan fingerprint density at radius 3 is 2.38 bits per heavy atom. The van der Waals surface area contributed by atoms with Crippen molar-refractivity contribution in [3.8, 4) is 0 Å². The van der Waals surface area contributed by atoms with Crippen molar-refractivity contribution in [1.82, 2.24) is 10.2 Å². The summed E-state index contributed by atoms with van der Waals surface area (Å²) in [4.78, 5) is 23.7. The number of carbonyl (C=O) groups excluding carboxylic acids is 2. The number of nitrogens with one attached hydrogen (secondary N) is 1. The Morgan fingerprint density at radius 2 is 1.88 bits per heavy atom. The summed E-state index contributed by atoms with van der Waals surface area (Å²) < 4.78 is 12.7. The number of likely N-dealkylation sites (N-methyl/N-ethyl adjacent to an activating group) is 1. The van der Waals surface area contributed by atoms with Crippen molar-refractivity contribution in [2.75, 3.05) is 7.05 Å². The lowest BCUT2D eigenvalue weighted by atomic mass is 10.2. The minimum Gasteiger partial charge on any atom is -0.292 e. The van der Waals surface area contributed by atoms with Gasteiger partial charge in [0.25, 0.3) is 5.91 Å². The Hall–Kier alpha value is -2.17. The smallest absolute Gasteiger partial charge is 0.292 e. The molecule has 82 valence electrons. The van der Waals surface area contributed by atoms with Crippen LogP contribution < -0.4 is 5.32 Å². The van der Waals surface area contributed by atoms with E-state index in [-0.39, 0.29) is 11.5 Å². The Morgan fingerprint density at radius 1 is 1.25 bits per heavy atom. The fraction of sp³-hybridized carbons (Fsp3) is 0.0909. The van der Waals surface area contributed by atoms with E-state index in [1.54, 1.807) is 0 Å². The van der Waals surface area contributed by atoms with Crippen molar-refractivity contribution in [3.05, 3.63) is 41.3 Å². The van der Waals surface area contributed by atoms with Crippen LogP contribution in [0.15, 0.2) is 30.0 Å². The van der Waals surface area contributed by atoms with Gasteiger partial charge >= 0.3 is 6.03 Å². The van der Waals surface area contributed by atoms with E-state index in [1.807, 2.05) is 0 Å². The van der Waals surface area contributed by atoms with Gasteiger partial charge in [-0.1, -0.05) is 12.1 Å². The van der Waals surface area contributed by atoms with Crippen molar-refractivity contribution in [2.45, 2.75) is 0 Å². The first-order valence-corrected chi connectivity index (χ1v) is 4.64. The highest BCUT2D eigenvalue weighted by Gasteiger charge is 2.29. The highest BCUT2D eigenvalue weighted by atomic mass is 19.1. The van der Waals surface area contributed by atoms with E-state index in [0.717, 1.165) is 0 Å². The van der Waals surface area contributed by atoms with Gasteiger partial charge in [0.15, 0.2) is 0 Å². The highest BCUT2D eigenvalue weighted by molar-refractivity contribution is 6.13. The molecule has 5 heteroatoms. The fourth-order valence-electron chi connectivity index (χ4n) is 1.39. The summed E-state index contributed by atoms with van der Waals surface area (Å²) in [5.41, 5.74) is 0.907. The molecule has 0 aliphatic carbocycles. The van der Waals surface area contributed by atoms with Gasteiger partial charge in [0, 0.05) is 7.05 Å². The summed E-state index contributed by atoms with van der Waals surface area (Å²) in [6, 6.07) is 5.19. The van der Waals surface area contributed by atoms with Crippen LogP contribution >= 0.6 is 0 Å². The molecular weight excluding hydrogens is 211 g/mol. The second-order valence-electron chi connectivity index (χ2n) is 3.40. The van der Waals surface area contributed by atoms with E-state index in [9.17, 15) is 14.0 Å². The topological polar surface area (TPSA) is 49.4 Å². The van der Waals surface area contributed by atoms with E-state index < -0.39 is 11.9 Å². The molecule has 4 nitrogen and oxygen atoms in total. The zero-order valence-corrected chi connectivity index (χ0v) is 8.53. The molecule has 1 saturated heterocycles. The van der Waals surface area contributed by atoms with Crippen molar-refractivity contribution in [3.63, 3.8) is 0 Å². The molecule has 16 heavy (non-hydrogen) atoms. The quantitative estimate of drug-likeness (QED) is 0.573. The van der Waals surface area contributed by atoms with Crippen LogP contribution in [0.2, 0.25) is 0 Å². The Labute approximate surface area is 91.4 Å². The molecule has 0 bridgehead atoms. The van der Waals surface area contributed by atoms with Gasteiger partial charge in [-0.3, -0.25) is 15.0 Å². The van der Waals surface area contributed by atoms with Crippen LogP contribution in [0, 0.1) is 5.82 Å². The van der Waals surface area contributed by atoms with Gasteiger partial charge in [0.2, 0.25) is 0 Å². The molecule has 3 amide bonds. The summed E-state index contributed by atoms with van der Waals surface area (Å²) in [7, 11) is 1.50. The van der Waals surface area contributed by atoms with Crippen LogP contribution in [0.3, 0.4) is 0 Å². The summed E-state index contributed by atoms with van der Waals surface area (Å²) in [5.74, 6) is -0.792. The van der Waals surface area contributed by atoms with Crippen molar-refractivity contribution in [1.29, 1.82) is 0 Å². The minimum atomic E-state index is -0.460. The average Bonchev–Trinajstić information content (AvgIpc) is 2.48. The van der Waals surface area contributed by atoms with Crippen molar-refractivity contribution in [2.24, 2.45) is 0 Å². The van der Waals surface area contributed by atoms with Gasteiger partial charge < -0.3 is 0 Å². The Bertz CT molecular complexity index is 479. The molecular formula is C11H9FN2O2. The van der Waals surface area contributed by atoms with Gasteiger partial charge in [-0.25, -0.2) is 9.18 Å². The van der Waals surface area contributed by atoms with Crippen LogP contribution in [-0.2, 0) is 4.79 Å². The van der Waals surface area contributed by atoms with E-state index in [2.05, 4.69) is 5.32 Å². The molecule has 0 unspecified atom stereocenters. The first kappa shape index (κ1) is 10.4. The van der Waals surface area contributed by atoms with Crippen LogP contribution in [0.25, 0.3) is 6.08 Å². The van der Waals surface area contributed by atoms with Crippen LogP contribution in [0.5, 0.6) is 0 Å². The molecule has 1 aromatic carbocycles. The third kappa shape index (κ3) is 1.79. The number of imide groups is 1. The predicted octanol–water partition coefficient (Wildman–Crippen LogP) is 1.35. The number of carbonyl (C=O) groups is 2. The number of nitrogens with zero attached hydrogens (tertiary/aromatic N) is 1. The zero-order valence-electron chi connectivity index (χ0n) is 8.53. The number of benzene rings is 1. The number of urea groups is 1. The normalized spacial score (nSPS) is 18.1. The molecule has 1 aromatic rings. The number of hydrogen-bond acceptors (Lipinski definition) is 2. The van der Waals surface area contributed by atoms with Crippen molar-refractivity contribution >= 4 is 18.0 Å². The largest absolute Gasteiger partial charge is 0.328 e. The minimum absolute atomic E-state index is 0.247. The zero-order chi connectivity index (χ0) is 11.7.